The lowest BCUT2D eigenvalue weighted by Crippen LogP contribution is -2.50. The number of aromatic nitrogens is 1. The van der Waals surface area contributed by atoms with Crippen LogP contribution in [-0.4, -0.2) is 67.6 Å². The number of alkyl halides is 3. The third kappa shape index (κ3) is 7.34. The predicted octanol–water partition coefficient (Wildman–Crippen LogP) is 6.40. The molecule has 1 saturated heterocycles. The largest absolute Gasteiger partial charge is 0.573 e. The van der Waals surface area contributed by atoms with Crippen molar-refractivity contribution in [1.82, 2.24) is 14.8 Å². The second kappa shape index (κ2) is 13.3. The number of aryl methyl sites for hydroxylation is 2. The predicted molar refractivity (Wildman–Crippen MR) is 183 cm³/mol. The highest BCUT2D eigenvalue weighted by Gasteiger charge is 2.34. The van der Waals surface area contributed by atoms with E-state index in [0.717, 1.165) is 28.6 Å². The summed E-state index contributed by atoms with van der Waals surface area (Å²) in [5.41, 5.74) is 9.14. The minimum atomic E-state index is -5.21. The van der Waals surface area contributed by atoms with Gasteiger partial charge in [0.2, 0.25) is 0 Å². The second-order valence-corrected chi connectivity index (χ2v) is 13.6. The lowest BCUT2D eigenvalue weighted by Gasteiger charge is -2.35. The highest BCUT2D eigenvalue weighted by molar-refractivity contribution is 7.92. The first-order valence-electron chi connectivity index (χ1n) is 15.5. The van der Waals surface area contributed by atoms with E-state index in [-0.39, 0.29) is 53.8 Å². The molecule has 2 heterocycles. The number of hydrogen-bond acceptors (Lipinski definition) is 7. The van der Waals surface area contributed by atoms with Crippen molar-refractivity contribution < 1.29 is 35.9 Å². The Balaban J connectivity index is 1.26. The van der Waals surface area contributed by atoms with Gasteiger partial charge in [-0.15, -0.1) is 13.2 Å². The van der Waals surface area contributed by atoms with Crippen LogP contribution in [0.4, 0.5) is 24.5 Å². The first kappa shape index (κ1) is 34.2. The zero-order valence-electron chi connectivity index (χ0n) is 27.0. The van der Waals surface area contributed by atoms with Gasteiger partial charge >= 0.3 is 6.36 Å². The number of sulfonamides is 1. The quantitative estimate of drug-likeness (QED) is 0.188. The molecular weight excluding hydrogens is 671 g/mol. The molecule has 1 aliphatic heterocycles. The van der Waals surface area contributed by atoms with Gasteiger partial charge < -0.3 is 20.3 Å². The van der Waals surface area contributed by atoms with E-state index < -0.39 is 33.7 Å². The summed E-state index contributed by atoms with van der Waals surface area (Å²) in [7, 11) is -4.57. The van der Waals surface area contributed by atoms with Crippen molar-refractivity contribution >= 4 is 44.1 Å². The number of nitrogens with one attached hydrogen (secondary N) is 1. The van der Waals surface area contributed by atoms with Crippen molar-refractivity contribution in [2.75, 3.05) is 36.6 Å². The Morgan fingerprint density at radius 2 is 1.44 bits per heavy atom. The first-order chi connectivity index (χ1) is 23.7. The number of fused-ring (bicyclic) bond motifs is 1. The van der Waals surface area contributed by atoms with Gasteiger partial charge in [-0.05, 0) is 68.4 Å². The van der Waals surface area contributed by atoms with Crippen LogP contribution in [0.3, 0.4) is 0 Å². The number of anilines is 2. The number of pyridine rings is 1. The minimum absolute atomic E-state index is 0.141. The Kier molecular flexibility index (Phi) is 9.14. The molecule has 0 radical (unpaired) electrons. The summed E-state index contributed by atoms with van der Waals surface area (Å²) in [6.07, 6.45) is -3.65. The normalized spacial score (nSPS) is 13.7. The molecule has 14 heteroatoms. The standard InChI is InChI=1S/C36H32F3N5O5S/c1-22-17-23(2)19-26(18-22)35(46)44-15-13-43(14-16-44)34(45)25-8-10-30(31(20-25)49-36(37,38)39)42-50(47,48)32-11-9-27(40)21-29(32)28-7-3-5-24-6-4-12-41-33(24)28/h3-12,17-21,42H,13-16,40H2,1-2H3. The average molecular weight is 704 g/mol. The van der Waals surface area contributed by atoms with Crippen LogP contribution in [-0.2, 0) is 10.0 Å². The van der Waals surface area contributed by atoms with Gasteiger partial charge in [-0.1, -0.05) is 41.5 Å². The summed E-state index contributed by atoms with van der Waals surface area (Å²) < 4.78 is 74.9. The molecule has 1 aromatic heterocycles. The second-order valence-electron chi connectivity index (χ2n) is 12.0. The summed E-state index contributed by atoms with van der Waals surface area (Å²) in [4.78, 5) is 33.7. The lowest BCUT2D eigenvalue weighted by atomic mass is 10.0. The van der Waals surface area contributed by atoms with E-state index >= 15 is 0 Å². The van der Waals surface area contributed by atoms with Crippen molar-refractivity contribution in [1.29, 1.82) is 0 Å². The van der Waals surface area contributed by atoms with Crippen molar-refractivity contribution in [3.8, 4) is 16.9 Å². The van der Waals surface area contributed by atoms with E-state index in [1.165, 1.54) is 29.2 Å². The van der Waals surface area contributed by atoms with Crippen molar-refractivity contribution in [2.24, 2.45) is 0 Å². The molecule has 0 bridgehead atoms. The number of para-hydroxylation sites is 1. The van der Waals surface area contributed by atoms with Crippen LogP contribution in [0, 0.1) is 13.8 Å². The van der Waals surface area contributed by atoms with E-state index in [1.807, 2.05) is 19.9 Å². The molecule has 0 aliphatic carbocycles. The molecule has 1 aliphatic rings. The highest BCUT2D eigenvalue weighted by atomic mass is 32.2. The van der Waals surface area contributed by atoms with Crippen LogP contribution in [0.25, 0.3) is 22.0 Å². The topological polar surface area (TPSA) is 135 Å². The van der Waals surface area contributed by atoms with Gasteiger partial charge in [0.05, 0.1) is 16.1 Å². The van der Waals surface area contributed by atoms with Gasteiger partial charge in [0.15, 0.2) is 5.75 Å². The first-order valence-corrected chi connectivity index (χ1v) is 17.0. The molecule has 5 aromatic rings. The van der Waals surface area contributed by atoms with Gasteiger partial charge in [-0.2, -0.15) is 0 Å². The van der Waals surface area contributed by atoms with Crippen LogP contribution in [0.1, 0.15) is 31.8 Å². The minimum Gasteiger partial charge on any atom is -0.404 e. The number of hydrogen-bond donors (Lipinski definition) is 2. The van der Waals surface area contributed by atoms with Crippen LogP contribution >= 0.6 is 0 Å². The lowest BCUT2D eigenvalue weighted by molar-refractivity contribution is -0.274. The SMILES string of the molecule is Cc1cc(C)cc(C(=O)N2CCN(C(=O)c3ccc(NS(=O)(=O)c4ccc(N)cc4-c4cccc5cccnc45)c(OC(F)(F)F)c3)CC2)c1. The molecule has 0 unspecified atom stereocenters. The number of nitrogen functional groups attached to an aromatic ring is 1. The Hall–Kier alpha value is -5.63. The average Bonchev–Trinajstić information content (AvgIpc) is 3.07. The maximum Gasteiger partial charge on any atom is 0.573 e. The number of nitrogens with two attached hydrogens (primary N) is 1. The van der Waals surface area contributed by atoms with Crippen LogP contribution in [0.5, 0.6) is 5.75 Å². The van der Waals surface area contributed by atoms with Crippen molar-refractivity contribution in [3.63, 3.8) is 0 Å². The summed E-state index contributed by atoms with van der Waals surface area (Å²) >= 11 is 0. The number of amides is 2. The van der Waals surface area contributed by atoms with Crippen LogP contribution in [0.2, 0.25) is 0 Å². The monoisotopic (exact) mass is 703 g/mol. The van der Waals surface area contributed by atoms with E-state index in [1.54, 1.807) is 53.6 Å². The van der Waals surface area contributed by atoms with Crippen molar-refractivity contribution in [2.45, 2.75) is 25.1 Å². The molecule has 0 atom stereocenters. The zero-order valence-corrected chi connectivity index (χ0v) is 27.8. The molecule has 2 amide bonds. The molecule has 4 aromatic carbocycles. The maximum absolute atomic E-state index is 13.8. The third-order valence-electron chi connectivity index (χ3n) is 8.24. The third-order valence-corrected chi connectivity index (χ3v) is 9.66. The fourth-order valence-corrected chi connectivity index (χ4v) is 7.31. The van der Waals surface area contributed by atoms with E-state index in [9.17, 15) is 31.2 Å². The number of piperazine rings is 1. The molecule has 3 N–H and O–H groups in total. The van der Waals surface area contributed by atoms with Gasteiger partial charge in [-0.3, -0.25) is 19.3 Å². The fourth-order valence-electron chi connectivity index (χ4n) is 6.04. The molecular formula is C36H32F3N5O5S. The van der Waals surface area contributed by atoms with Crippen LogP contribution in [0.15, 0.2) is 96.0 Å². The van der Waals surface area contributed by atoms with E-state index in [0.29, 0.717) is 16.6 Å². The number of carbonyl (C=O) groups is 2. The van der Waals surface area contributed by atoms with E-state index in [4.69, 9.17) is 5.73 Å². The Labute approximate surface area is 286 Å². The Morgan fingerprint density at radius 1 is 0.800 bits per heavy atom. The molecule has 0 saturated carbocycles. The van der Waals surface area contributed by atoms with Gasteiger partial charge in [0.25, 0.3) is 21.8 Å². The summed E-state index contributed by atoms with van der Waals surface area (Å²) in [6, 6.07) is 21.4. The number of rotatable bonds is 7. The van der Waals surface area contributed by atoms with Gasteiger partial charge in [0, 0.05) is 65.7 Å². The summed E-state index contributed by atoms with van der Waals surface area (Å²) in [5, 5.41) is 0.735. The number of benzene rings is 4. The highest BCUT2D eigenvalue weighted by Crippen LogP contribution is 2.37. The van der Waals surface area contributed by atoms with Gasteiger partial charge in [0.1, 0.15) is 0 Å². The zero-order chi connectivity index (χ0) is 35.8. The number of carbonyl (C=O) groups excluding carboxylic acids is 2. The smallest absolute Gasteiger partial charge is 0.404 e. The molecule has 6 rings (SSSR count). The summed E-state index contributed by atoms with van der Waals surface area (Å²) in [6.45, 7) is 4.51. The van der Waals surface area contributed by atoms with Crippen LogP contribution < -0.4 is 15.2 Å². The molecule has 10 nitrogen and oxygen atoms in total. The number of halogens is 3. The summed E-state index contributed by atoms with van der Waals surface area (Å²) in [5.74, 6) is -1.70. The number of nitrogens with zero attached hydrogens (tertiary/aromatic N) is 3. The molecule has 1 fully saturated rings. The Bertz CT molecular complexity index is 2210. The maximum atomic E-state index is 13.8. The van der Waals surface area contributed by atoms with Crippen molar-refractivity contribution in [3.05, 3.63) is 113 Å². The Morgan fingerprint density at radius 3 is 2.10 bits per heavy atom. The molecule has 50 heavy (non-hydrogen) atoms. The molecule has 0 spiro atoms. The fraction of sp³-hybridized carbons (Fsp3) is 0.194. The number of ether oxygens (including phenoxy) is 1. The molecule has 258 valence electrons. The van der Waals surface area contributed by atoms with Gasteiger partial charge in [-0.25, -0.2) is 8.42 Å². The van der Waals surface area contributed by atoms with E-state index in [2.05, 4.69) is 14.4 Å².